The van der Waals surface area contributed by atoms with Crippen LogP contribution < -0.4 is 0 Å². The molecule has 0 saturated carbocycles. The van der Waals surface area contributed by atoms with Gasteiger partial charge in [-0.3, -0.25) is 19.2 Å². The lowest BCUT2D eigenvalue weighted by Gasteiger charge is -2.23. The van der Waals surface area contributed by atoms with Crippen LogP contribution in [0.3, 0.4) is 0 Å². The van der Waals surface area contributed by atoms with Crippen LogP contribution in [0, 0.1) is 11.8 Å². The third-order valence-electron chi connectivity index (χ3n) is 5.10. The highest BCUT2D eigenvalue weighted by Gasteiger charge is 2.34. The molecule has 12 nitrogen and oxygen atoms in total. The van der Waals surface area contributed by atoms with E-state index in [1.807, 2.05) is 0 Å². The Morgan fingerprint density at radius 2 is 0.842 bits per heavy atom. The fourth-order valence-electron chi connectivity index (χ4n) is 2.95. The molecule has 4 atom stereocenters. The van der Waals surface area contributed by atoms with Gasteiger partial charge in [0.15, 0.2) is 0 Å². The number of hydrogen-bond acceptors (Lipinski definition) is 12. The number of hydrogen-bond donors (Lipinski definition) is 0. The van der Waals surface area contributed by atoms with Gasteiger partial charge in [0.05, 0.1) is 51.1 Å². The summed E-state index contributed by atoms with van der Waals surface area (Å²) in [4.78, 5) is 73.7. The van der Waals surface area contributed by atoms with Crippen LogP contribution in [0.1, 0.15) is 54.4 Å². The van der Waals surface area contributed by atoms with E-state index >= 15 is 0 Å². The minimum absolute atomic E-state index is 0.0132. The van der Waals surface area contributed by atoms with Gasteiger partial charge in [-0.05, 0) is 41.5 Å². The first kappa shape index (κ1) is 34.3. The van der Waals surface area contributed by atoms with Gasteiger partial charge >= 0.3 is 35.8 Å². The zero-order valence-corrected chi connectivity index (χ0v) is 22.9. The molecule has 0 amide bonds. The second-order valence-electron chi connectivity index (χ2n) is 7.90. The van der Waals surface area contributed by atoms with E-state index in [2.05, 4.69) is 13.2 Å². The molecule has 4 unspecified atom stereocenters. The Kier molecular flexibility index (Phi) is 16.0. The molecule has 0 radical (unpaired) electrons. The molecule has 38 heavy (non-hydrogen) atoms. The first-order valence-corrected chi connectivity index (χ1v) is 12.3. The Bertz CT molecular complexity index is 819. The lowest BCUT2D eigenvalue weighted by Crippen LogP contribution is -2.34. The van der Waals surface area contributed by atoms with Crippen molar-refractivity contribution in [3.05, 3.63) is 24.3 Å². The van der Waals surface area contributed by atoms with E-state index in [4.69, 9.17) is 28.4 Å². The third kappa shape index (κ3) is 11.6. The summed E-state index contributed by atoms with van der Waals surface area (Å²) >= 11 is 0. The SMILES string of the molecule is C=C(C(=O)OCC)C(CC(=O)OC(C)C(C)OC(=O)CC(C(=C)C(=O)OCC)C(=O)OCC)C(=O)OCC. The highest BCUT2D eigenvalue weighted by Crippen LogP contribution is 2.21. The van der Waals surface area contributed by atoms with E-state index in [1.165, 1.54) is 13.8 Å². The largest absolute Gasteiger partial charge is 0.466 e. The molecule has 0 aromatic heterocycles. The first-order chi connectivity index (χ1) is 17.8. The predicted molar refractivity (Wildman–Crippen MR) is 132 cm³/mol. The third-order valence-corrected chi connectivity index (χ3v) is 5.10. The molecule has 0 aromatic carbocycles. The van der Waals surface area contributed by atoms with Gasteiger partial charge in [-0.25, -0.2) is 9.59 Å². The Morgan fingerprint density at radius 1 is 0.553 bits per heavy atom. The van der Waals surface area contributed by atoms with Crippen molar-refractivity contribution in [2.75, 3.05) is 26.4 Å². The van der Waals surface area contributed by atoms with Crippen molar-refractivity contribution in [1.29, 1.82) is 0 Å². The lowest BCUT2D eigenvalue weighted by atomic mass is 9.96. The van der Waals surface area contributed by atoms with Crippen LogP contribution in [0.4, 0.5) is 0 Å². The maximum absolute atomic E-state index is 12.5. The summed E-state index contributed by atoms with van der Waals surface area (Å²) in [5.74, 6) is -7.82. The van der Waals surface area contributed by atoms with Crippen LogP contribution >= 0.6 is 0 Å². The second-order valence-corrected chi connectivity index (χ2v) is 7.90. The van der Waals surface area contributed by atoms with E-state index in [0.29, 0.717) is 0 Å². The van der Waals surface area contributed by atoms with Crippen molar-refractivity contribution in [1.82, 2.24) is 0 Å². The fourth-order valence-corrected chi connectivity index (χ4v) is 2.95. The van der Waals surface area contributed by atoms with E-state index < -0.39 is 72.7 Å². The van der Waals surface area contributed by atoms with Crippen molar-refractivity contribution < 1.29 is 57.2 Å². The lowest BCUT2D eigenvalue weighted by molar-refractivity contribution is -0.169. The van der Waals surface area contributed by atoms with Gasteiger partial charge < -0.3 is 28.4 Å². The first-order valence-electron chi connectivity index (χ1n) is 12.3. The van der Waals surface area contributed by atoms with Gasteiger partial charge in [-0.15, -0.1) is 0 Å². The quantitative estimate of drug-likeness (QED) is 0.150. The molecule has 0 aromatic rings. The van der Waals surface area contributed by atoms with Crippen LogP contribution in [-0.2, 0) is 57.2 Å². The number of carbonyl (C=O) groups excluding carboxylic acids is 6. The predicted octanol–water partition coefficient (Wildman–Crippen LogP) is 2.23. The molecular weight excluding hydrogens is 504 g/mol. The highest BCUT2D eigenvalue weighted by atomic mass is 16.6. The van der Waals surface area contributed by atoms with Crippen molar-refractivity contribution in [2.45, 2.75) is 66.6 Å². The van der Waals surface area contributed by atoms with Crippen molar-refractivity contribution >= 4 is 35.8 Å². The van der Waals surface area contributed by atoms with Crippen LogP contribution in [0.25, 0.3) is 0 Å². The van der Waals surface area contributed by atoms with Crippen molar-refractivity contribution in [3.8, 4) is 0 Å². The van der Waals surface area contributed by atoms with E-state index in [0.717, 1.165) is 0 Å². The normalized spacial score (nSPS) is 13.5. The molecule has 0 aliphatic rings. The standard InChI is InChI=1S/C26H38O12/c1-9-33-23(29)15(5)19(25(31)35-11-3)13-21(27)37-17(7)18(8)38-22(28)14-20(26(32)36-12-4)16(6)24(30)34-10-2/h17-20H,5-6,9-14H2,1-4,7-8H3. The Hall–Kier alpha value is -3.70. The van der Waals surface area contributed by atoms with Crippen LogP contribution in [0.15, 0.2) is 24.3 Å². The molecule has 12 heteroatoms. The smallest absolute Gasteiger partial charge is 0.334 e. The average Bonchev–Trinajstić information content (AvgIpc) is 2.85. The zero-order chi connectivity index (χ0) is 29.4. The molecule has 0 aliphatic carbocycles. The molecule has 0 rings (SSSR count). The van der Waals surface area contributed by atoms with Crippen LogP contribution in [0.2, 0.25) is 0 Å². The summed E-state index contributed by atoms with van der Waals surface area (Å²) in [7, 11) is 0. The van der Waals surface area contributed by atoms with Gasteiger partial charge in [0.25, 0.3) is 0 Å². The van der Waals surface area contributed by atoms with Crippen molar-refractivity contribution in [2.24, 2.45) is 11.8 Å². The van der Waals surface area contributed by atoms with E-state index in [-0.39, 0.29) is 37.6 Å². The molecule has 0 aliphatic heterocycles. The molecule has 0 bridgehead atoms. The summed E-state index contributed by atoms with van der Waals surface area (Å²) < 4.78 is 30.1. The molecule has 0 saturated heterocycles. The topological polar surface area (TPSA) is 158 Å². The number of ether oxygens (including phenoxy) is 6. The molecule has 0 spiro atoms. The van der Waals surface area contributed by atoms with Gasteiger partial charge in [0.2, 0.25) is 0 Å². The maximum atomic E-state index is 12.5. The molecule has 214 valence electrons. The summed E-state index contributed by atoms with van der Waals surface area (Å²) in [5.41, 5.74) is -0.526. The Morgan fingerprint density at radius 3 is 1.11 bits per heavy atom. The maximum Gasteiger partial charge on any atom is 0.334 e. The van der Waals surface area contributed by atoms with Gasteiger partial charge in [-0.1, -0.05) is 13.2 Å². The van der Waals surface area contributed by atoms with Crippen molar-refractivity contribution in [3.63, 3.8) is 0 Å². The van der Waals surface area contributed by atoms with Crippen LogP contribution in [-0.4, -0.2) is 74.5 Å². The van der Waals surface area contributed by atoms with Gasteiger partial charge in [0, 0.05) is 11.1 Å². The molecule has 0 fully saturated rings. The minimum Gasteiger partial charge on any atom is -0.466 e. The molecular formula is C26H38O12. The summed E-state index contributed by atoms with van der Waals surface area (Å²) in [6.45, 7) is 16.4. The van der Waals surface area contributed by atoms with Crippen LogP contribution in [0.5, 0.6) is 0 Å². The van der Waals surface area contributed by atoms with E-state index in [1.54, 1.807) is 27.7 Å². The Balaban J connectivity index is 5.28. The fraction of sp³-hybridized carbons (Fsp3) is 0.615. The molecule has 0 N–H and O–H groups in total. The van der Waals surface area contributed by atoms with Gasteiger partial charge in [-0.2, -0.15) is 0 Å². The minimum atomic E-state index is -1.33. The Labute approximate surface area is 222 Å². The molecule has 0 heterocycles. The average molecular weight is 543 g/mol. The highest BCUT2D eigenvalue weighted by molar-refractivity contribution is 5.97. The summed E-state index contributed by atoms with van der Waals surface area (Å²) in [6.07, 6.45) is -3.10. The zero-order valence-electron chi connectivity index (χ0n) is 22.9. The summed E-state index contributed by atoms with van der Waals surface area (Å²) in [5, 5.41) is 0. The second kappa shape index (κ2) is 17.7. The summed E-state index contributed by atoms with van der Waals surface area (Å²) in [6, 6.07) is 0. The number of esters is 6. The number of carbonyl (C=O) groups is 6. The monoisotopic (exact) mass is 542 g/mol. The van der Waals surface area contributed by atoms with E-state index in [9.17, 15) is 28.8 Å². The van der Waals surface area contributed by atoms with Gasteiger partial charge in [0.1, 0.15) is 12.2 Å². The number of rotatable bonds is 17.